The van der Waals surface area contributed by atoms with Crippen molar-refractivity contribution in [3.05, 3.63) is 27.7 Å². The van der Waals surface area contributed by atoms with Crippen LogP contribution in [0.2, 0.25) is 10.0 Å². The van der Waals surface area contributed by atoms with Gasteiger partial charge in [-0.25, -0.2) is 0 Å². The second kappa shape index (κ2) is 6.40. The maximum absolute atomic E-state index is 12.6. The number of carbonyl (C=O) groups is 1. The third-order valence-electron chi connectivity index (χ3n) is 3.56. The van der Waals surface area contributed by atoms with Gasteiger partial charge in [-0.15, -0.1) is 0 Å². The first-order valence-electron chi connectivity index (χ1n) is 6.68. The number of amides is 1. The molecule has 2 rings (SSSR count). The molecule has 1 fully saturated rings. The molecule has 5 nitrogen and oxygen atoms in total. The lowest BCUT2D eigenvalue weighted by molar-refractivity contribution is 0.0699. The van der Waals surface area contributed by atoms with Crippen molar-refractivity contribution in [2.75, 3.05) is 32.9 Å². The molecule has 1 aliphatic heterocycles. The van der Waals surface area contributed by atoms with E-state index < -0.39 is 6.10 Å². The van der Waals surface area contributed by atoms with Crippen LogP contribution in [0, 0.1) is 0 Å². The largest absolute Gasteiger partial charge is 0.396 e. The standard InChI is InChI=1S/C14H19Cl2N3O2/c1-18(2)6-9-5-10(20)7-19(9)14(21)8-3-11(15)13(17)12(16)4-8/h3-4,9-10,20H,5-7,17H2,1-2H3. The number of aliphatic hydroxyl groups excluding tert-OH is 1. The summed E-state index contributed by atoms with van der Waals surface area (Å²) < 4.78 is 0. The summed E-state index contributed by atoms with van der Waals surface area (Å²) in [5.41, 5.74) is 6.34. The summed E-state index contributed by atoms with van der Waals surface area (Å²) in [5, 5.41) is 10.4. The number of nitrogen functional groups attached to an aromatic ring is 1. The van der Waals surface area contributed by atoms with Crippen LogP contribution in [-0.4, -0.2) is 60.1 Å². The lowest BCUT2D eigenvalue weighted by Crippen LogP contribution is -2.41. The average molecular weight is 332 g/mol. The molecule has 1 amide bonds. The molecule has 2 unspecified atom stereocenters. The van der Waals surface area contributed by atoms with Gasteiger partial charge in [0.25, 0.3) is 5.91 Å². The molecular formula is C14H19Cl2N3O2. The normalized spacial score (nSPS) is 22.1. The number of hydrogen-bond acceptors (Lipinski definition) is 4. The number of aliphatic hydroxyl groups is 1. The van der Waals surface area contributed by atoms with E-state index >= 15 is 0 Å². The molecule has 0 aromatic heterocycles. The molecule has 0 spiro atoms. The molecule has 7 heteroatoms. The summed E-state index contributed by atoms with van der Waals surface area (Å²) in [4.78, 5) is 16.3. The SMILES string of the molecule is CN(C)CC1CC(O)CN1C(=O)c1cc(Cl)c(N)c(Cl)c1. The second-order valence-corrected chi connectivity index (χ2v) is 6.43. The van der Waals surface area contributed by atoms with Crippen LogP contribution in [0.4, 0.5) is 5.69 Å². The van der Waals surface area contributed by atoms with E-state index in [9.17, 15) is 9.90 Å². The molecule has 1 aliphatic rings. The van der Waals surface area contributed by atoms with Gasteiger partial charge in [0, 0.05) is 24.7 Å². The predicted molar refractivity (Wildman–Crippen MR) is 84.9 cm³/mol. The predicted octanol–water partition coefficient (Wildman–Crippen LogP) is 1.71. The fourth-order valence-corrected chi connectivity index (χ4v) is 3.10. The molecule has 0 bridgehead atoms. The van der Waals surface area contributed by atoms with Gasteiger partial charge in [-0.05, 0) is 32.6 Å². The van der Waals surface area contributed by atoms with Crippen molar-refractivity contribution in [1.82, 2.24) is 9.80 Å². The van der Waals surface area contributed by atoms with E-state index in [1.165, 1.54) is 12.1 Å². The molecule has 0 saturated carbocycles. The Bertz CT molecular complexity index is 528. The minimum Gasteiger partial charge on any atom is -0.396 e. The van der Waals surface area contributed by atoms with Crippen molar-refractivity contribution >= 4 is 34.8 Å². The first-order valence-corrected chi connectivity index (χ1v) is 7.43. The second-order valence-electron chi connectivity index (χ2n) is 5.62. The van der Waals surface area contributed by atoms with Gasteiger partial charge in [-0.2, -0.15) is 0 Å². The summed E-state index contributed by atoms with van der Waals surface area (Å²) in [7, 11) is 3.87. The van der Waals surface area contributed by atoms with Gasteiger partial charge in [0.1, 0.15) is 0 Å². The topological polar surface area (TPSA) is 69.8 Å². The van der Waals surface area contributed by atoms with E-state index in [1.807, 2.05) is 19.0 Å². The van der Waals surface area contributed by atoms with E-state index in [4.69, 9.17) is 28.9 Å². The zero-order valence-electron chi connectivity index (χ0n) is 12.0. The van der Waals surface area contributed by atoms with Gasteiger partial charge in [0.2, 0.25) is 0 Å². The number of likely N-dealkylation sites (N-methyl/N-ethyl adjacent to an activating group) is 1. The minimum atomic E-state index is -0.501. The summed E-state index contributed by atoms with van der Waals surface area (Å²) in [5.74, 6) is -0.192. The maximum atomic E-state index is 12.6. The smallest absolute Gasteiger partial charge is 0.254 e. The van der Waals surface area contributed by atoms with Gasteiger partial charge >= 0.3 is 0 Å². The number of nitrogens with zero attached hydrogens (tertiary/aromatic N) is 2. The van der Waals surface area contributed by atoms with Crippen LogP contribution in [0.1, 0.15) is 16.8 Å². The molecule has 1 saturated heterocycles. The fourth-order valence-electron chi connectivity index (χ4n) is 2.61. The molecule has 1 aromatic rings. The fraction of sp³-hybridized carbons (Fsp3) is 0.500. The lowest BCUT2D eigenvalue weighted by Gasteiger charge is -2.27. The van der Waals surface area contributed by atoms with Crippen molar-refractivity contribution < 1.29 is 9.90 Å². The number of halogens is 2. The molecule has 0 radical (unpaired) electrons. The highest BCUT2D eigenvalue weighted by molar-refractivity contribution is 6.39. The zero-order valence-corrected chi connectivity index (χ0v) is 13.5. The van der Waals surface area contributed by atoms with Crippen LogP contribution in [-0.2, 0) is 0 Å². The molecule has 116 valence electrons. The number of carbonyl (C=O) groups excluding carboxylic acids is 1. The highest BCUT2D eigenvalue weighted by atomic mass is 35.5. The number of hydrogen-bond donors (Lipinski definition) is 2. The molecule has 21 heavy (non-hydrogen) atoms. The van der Waals surface area contributed by atoms with Crippen LogP contribution in [0.5, 0.6) is 0 Å². The van der Waals surface area contributed by atoms with Crippen LogP contribution in [0.15, 0.2) is 12.1 Å². The quantitative estimate of drug-likeness (QED) is 0.827. The Kier molecular flexibility index (Phi) is 4.99. The third-order valence-corrected chi connectivity index (χ3v) is 4.18. The molecule has 1 aromatic carbocycles. The van der Waals surface area contributed by atoms with Crippen LogP contribution in [0.3, 0.4) is 0 Å². The monoisotopic (exact) mass is 331 g/mol. The van der Waals surface area contributed by atoms with E-state index in [2.05, 4.69) is 0 Å². The Hall–Kier alpha value is -1.01. The van der Waals surface area contributed by atoms with Gasteiger partial charge in [-0.1, -0.05) is 23.2 Å². The maximum Gasteiger partial charge on any atom is 0.254 e. The van der Waals surface area contributed by atoms with Crippen molar-refractivity contribution in [1.29, 1.82) is 0 Å². The van der Waals surface area contributed by atoms with Gasteiger partial charge in [0.15, 0.2) is 0 Å². The molecular weight excluding hydrogens is 313 g/mol. The van der Waals surface area contributed by atoms with Crippen molar-refractivity contribution in [2.45, 2.75) is 18.6 Å². The Balaban J connectivity index is 2.26. The summed E-state index contributed by atoms with van der Waals surface area (Å²) in [6.45, 7) is 1.01. The van der Waals surface area contributed by atoms with Crippen LogP contribution < -0.4 is 5.73 Å². The summed E-state index contributed by atoms with van der Waals surface area (Å²) in [6, 6.07) is 3.00. The van der Waals surface area contributed by atoms with E-state index in [1.54, 1.807) is 4.90 Å². The number of nitrogens with two attached hydrogens (primary N) is 1. The van der Waals surface area contributed by atoms with Gasteiger partial charge in [-0.3, -0.25) is 4.79 Å². The Morgan fingerprint density at radius 1 is 1.43 bits per heavy atom. The highest BCUT2D eigenvalue weighted by Crippen LogP contribution is 2.30. The first-order chi connectivity index (χ1) is 9.79. The third kappa shape index (κ3) is 3.61. The average Bonchev–Trinajstić information content (AvgIpc) is 2.74. The minimum absolute atomic E-state index is 0.0300. The number of likely N-dealkylation sites (tertiary alicyclic amines) is 1. The van der Waals surface area contributed by atoms with Crippen LogP contribution in [0.25, 0.3) is 0 Å². The van der Waals surface area contributed by atoms with Gasteiger partial charge < -0.3 is 20.6 Å². The number of β-amino-alcohol motifs (C(OH)–C–C–N with tert-alkyl or cyclic N) is 1. The highest BCUT2D eigenvalue weighted by Gasteiger charge is 2.35. The lowest BCUT2D eigenvalue weighted by atomic mass is 10.1. The van der Waals surface area contributed by atoms with Crippen LogP contribution >= 0.6 is 23.2 Å². The first kappa shape index (κ1) is 16.4. The molecule has 3 N–H and O–H groups in total. The van der Waals surface area contributed by atoms with Crippen molar-refractivity contribution in [3.8, 4) is 0 Å². The Morgan fingerprint density at radius 2 is 2.00 bits per heavy atom. The number of rotatable bonds is 3. The zero-order chi connectivity index (χ0) is 15.7. The molecule has 2 atom stereocenters. The van der Waals surface area contributed by atoms with E-state index in [-0.39, 0.29) is 27.7 Å². The molecule has 1 heterocycles. The van der Waals surface area contributed by atoms with E-state index in [0.29, 0.717) is 25.1 Å². The van der Waals surface area contributed by atoms with Crippen molar-refractivity contribution in [3.63, 3.8) is 0 Å². The Labute approximate surface area is 134 Å². The summed E-state index contributed by atoms with van der Waals surface area (Å²) >= 11 is 12.0. The van der Waals surface area contributed by atoms with Crippen molar-refractivity contribution in [2.24, 2.45) is 0 Å². The molecule has 0 aliphatic carbocycles. The summed E-state index contributed by atoms with van der Waals surface area (Å²) in [6.07, 6.45) is 0.0685. The van der Waals surface area contributed by atoms with E-state index in [0.717, 1.165) is 0 Å². The number of benzene rings is 1. The van der Waals surface area contributed by atoms with Gasteiger partial charge in [0.05, 0.1) is 21.8 Å². The Morgan fingerprint density at radius 3 is 2.52 bits per heavy atom. The number of anilines is 1.